The van der Waals surface area contributed by atoms with E-state index in [-0.39, 0.29) is 12.1 Å². The lowest BCUT2D eigenvalue weighted by atomic mass is 9.33. The van der Waals surface area contributed by atoms with Gasteiger partial charge < -0.3 is 23.8 Å². The van der Waals surface area contributed by atoms with Crippen LogP contribution in [0.1, 0.15) is 31.9 Å². The van der Waals surface area contributed by atoms with Gasteiger partial charge in [0.2, 0.25) is 0 Å². The molecule has 0 unspecified atom stereocenters. The molecule has 6 heteroatoms. The van der Waals surface area contributed by atoms with Gasteiger partial charge in [0.05, 0.1) is 22.1 Å². The zero-order valence-corrected chi connectivity index (χ0v) is 54.0. The quantitative estimate of drug-likeness (QED) is 0.114. The molecular formula is C90H68BN5. The molecule has 0 spiro atoms. The maximum Gasteiger partial charge on any atom is 0.252 e. The monoisotopic (exact) mass is 1230 g/mol. The van der Waals surface area contributed by atoms with E-state index in [9.17, 15) is 0 Å². The number of hydrogen-bond acceptors (Lipinski definition) is 3. The fourth-order valence-corrected chi connectivity index (χ4v) is 15.6. The molecule has 0 bridgehead atoms. The molecular weight excluding hydrogens is 1160 g/mol. The van der Waals surface area contributed by atoms with Gasteiger partial charge in [-0.25, -0.2) is 0 Å². The zero-order chi connectivity index (χ0) is 64.0. The van der Waals surface area contributed by atoms with Crippen LogP contribution in [0.3, 0.4) is 0 Å². The first-order valence-corrected chi connectivity index (χ1v) is 33.6. The van der Waals surface area contributed by atoms with Crippen molar-refractivity contribution in [1.29, 1.82) is 0 Å². The van der Waals surface area contributed by atoms with Crippen LogP contribution in [0.4, 0.5) is 45.5 Å². The number of nitrogens with zero attached hydrogens (tertiary/aromatic N) is 5. The fraction of sp³-hybridized carbons (Fsp3) is 0.0667. The van der Waals surface area contributed by atoms with Gasteiger partial charge in [0.25, 0.3) is 6.71 Å². The van der Waals surface area contributed by atoms with Crippen LogP contribution in [0.25, 0.3) is 88.4 Å². The van der Waals surface area contributed by atoms with Gasteiger partial charge in [-0.15, -0.1) is 0 Å². The lowest BCUT2D eigenvalue weighted by molar-refractivity contribution is 0.590. The summed E-state index contributed by atoms with van der Waals surface area (Å²) >= 11 is 0. The van der Waals surface area contributed by atoms with Crippen LogP contribution in [-0.2, 0) is 11.8 Å². The molecule has 2 aliphatic rings. The van der Waals surface area contributed by atoms with Crippen molar-refractivity contribution in [3.63, 3.8) is 0 Å². The molecule has 0 N–H and O–H groups in total. The van der Waals surface area contributed by atoms with E-state index >= 15 is 0 Å². The summed E-state index contributed by atoms with van der Waals surface area (Å²) in [5, 5.41) is 4.89. The van der Waals surface area contributed by atoms with E-state index in [1.54, 1.807) is 0 Å². The number of para-hydroxylation sites is 5. The van der Waals surface area contributed by atoms with Gasteiger partial charge >= 0.3 is 0 Å². The molecule has 96 heavy (non-hydrogen) atoms. The molecule has 0 fully saturated rings. The lowest BCUT2D eigenvalue weighted by Crippen LogP contribution is -2.62. The van der Waals surface area contributed by atoms with Crippen LogP contribution in [-0.4, -0.2) is 22.4 Å². The molecule has 16 aromatic rings. The van der Waals surface area contributed by atoms with Crippen LogP contribution < -0.4 is 31.1 Å². The van der Waals surface area contributed by atoms with E-state index < -0.39 is 0 Å². The Morgan fingerprint density at radius 1 is 0.312 bits per heavy atom. The molecule has 2 aliphatic heterocycles. The zero-order valence-electron chi connectivity index (χ0n) is 54.0. The van der Waals surface area contributed by atoms with Gasteiger partial charge in [-0.1, -0.05) is 239 Å². The Morgan fingerprint density at radius 2 is 0.771 bits per heavy atom. The van der Waals surface area contributed by atoms with Crippen molar-refractivity contribution in [3.8, 4) is 44.8 Å². The van der Waals surface area contributed by atoms with Gasteiger partial charge in [-0.3, -0.25) is 0 Å². The van der Waals surface area contributed by atoms with E-state index in [4.69, 9.17) is 0 Å². The first-order valence-electron chi connectivity index (χ1n) is 33.6. The smallest absolute Gasteiger partial charge is 0.252 e. The molecule has 2 aromatic heterocycles. The summed E-state index contributed by atoms with van der Waals surface area (Å²) in [5.41, 5.74) is 29.6. The van der Waals surface area contributed by atoms with Crippen molar-refractivity contribution in [2.75, 3.05) is 21.2 Å². The normalized spacial score (nSPS) is 12.6. The Morgan fingerprint density at radius 3 is 1.32 bits per heavy atom. The fourth-order valence-electron chi connectivity index (χ4n) is 15.6. The molecule has 456 valence electrons. The average molecular weight is 1230 g/mol. The second-order valence-electron chi connectivity index (χ2n) is 26.8. The first kappa shape index (κ1) is 56.9. The molecule has 0 aliphatic carbocycles. The van der Waals surface area contributed by atoms with E-state index in [0.29, 0.717) is 0 Å². The Labute approximate surface area is 561 Å². The first-order chi connectivity index (χ1) is 47.3. The minimum Gasteiger partial charge on any atom is -0.342 e. The van der Waals surface area contributed by atoms with Crippen molar-refractivity contribution in [1.82, 2.24) is 9.13 Å². The molecule has 0 atom stereocenters. The molecule has 0 saturated heterocycles. The van der Waals surface area contributed by atoms with Crippen molar-refractivity contribution in [3.05, 3.63) is 345 Å². The third-order valence-electron chi connectivity index (χ3n) is 20.1. The minimum atomic E-state index is -0.218. The largest absolute Gasteiger partial charge is 0.342 e. The van der Waals surface area contributed by atoms with Crippen LogP contribution in [0.15, 0.2) is 334 Å². The minimum absolute atomic E-state index is 0.117. The number of rotatable bonds is 12. The summed E-state index contributed by atoms with van der Waals surface area (Å²) in [6, 6.07) is 124. The predicted octanol–water partition coefficient (Wildman–Crippen LogP) is 21.6. The third-order valence-corrected chi connectivity index (χ3v) is 20.1. The number of aromatic nitrogens is 2. The van der Waals surface area contributed by atoms with Crippen LogP contribution in [0.5, 0.6) is 0 Å². The van der Waals surface area contributed by atoms with Crippen LogP contribution >= 0.6 is 0 Å². The summed E-state index contributed by atoms with van der Waals surface area (Å²) < 4.78 is 4.99. The number of fused-ring (bicyclic) bond motifs is 10. The van der Waals surface area contributed by atoms with Crippen molar-refractivity contribution in [2.45, 2.75) is 32.6 Å². The Hall–Kier alpha value is -11.9. The van der Waals surface area contributed by atoms with Crippen molar-refractivity contribution in [2.24, 2.45) is 0 Å². The molecule has 5 nitrogen and oxygen atoms in total. The highest BCUT2D eigenvalue weighted by molar-refractivity contribution is 7.00. The second kappa shape index (κ2) is 23.0. The van der Waals surface area contributed by atoms with Gasteiger partial charge in [-0.2, -0.15) is 0 Å². The lowest BCUT2D eigenvalue weighted by Gasteiger charge is -2.45. The molecule has 4 heterocycles. The van der Waals surface area contributed by atoms with Crippen molar-refractivity contribution >= 4 is 112 Å². The van der Waals surface area contributed by atoms with E-state index in [1.165, 1.54) is 111 Å². The standard InChI is InChI=1S/C90H68BN5/c1-90(2,3)68-56-87-89-88(57-68)96(71-37-25-32-65(55-71)62-26-9-4-10-27-62)86-60-74(95-83-43-24-21-40-77(83)78-58-72(46-49-84(78)95)93(69-33-15-7-16-34-69)70-35-17-8-18-36-70)45-48-80(86)91(89)79-47-44-73(94-81-41-22-19-38-75(81)76-39-20-23-42-82(76)94)59-85(79)92(87)51-50-61-52-66(63-28-11-5-12-29-63)54-67(53-61)64-30-13-6-14-31-64/h4-49,52-60H,50-51H2,1-3H3. The topological polar surface area (TPSA) is 19.6 Å². The Kier molecular flexibility index (Phi) is 13.6. The van der Waals surface area contributed by atoms with Gasteiger partial charge in [0, 0.05) is 85.0 Å². The highest BCUT2D eigenvalue weighted by atomic mass is 15.2. The molecule has 0 amide bonds. The van der Waals surface area contributed by atoms with Gasteiger partial charge in [-0.05, 0) is 188 Å². The van der Waals surface area contributed by atoms with E-state index in [0.717, 1.165) is 63.8 Å². The van der Waals surface area contributed by atoms with Crippen LogP contribution in [0, 0.1) is 0 Å². The van der Waals surface area contributed by atoms with Gasteiger partial charge in [0.1, 0.15) is 0 Å². The summed E-state index contributed by atoms with van der Waals surface area (Å²) in [5.74, 6) is 0. The second-order valence-corrected chi connectivity index (χ2v) is 26.8. The SMILES string of the molecule is CC(C)(C)c1cc2c3c(c1)N(c1cccc(-c4ccccc4)c1)c1cc(-n4c5ccccc5c5cc(N(c6ccccc6)c6ccccc6)ccc54)ccc1B3c1ccc(-n3c4ccccc4c4ccccc43)cc1N2CCc1cc(-c2ccccc2)cc(-c2ccccc2)c1. The maximum atomic E-state index is 2.70. The molecule has 0 radical (unpaired) electrons. The summed E-state index contributed by atoms with van der Waals surface area (Å²) in [6.45, 7) is 7.75. The molecule has 18 rings (SSSR count). The number of benzene rings is 14. The summed E-state index contributed by atoms with van der Waals surface area (Å²) in [7, 11) is 0. The summed E-state index contributed by atoms with van der Waals surface area (Å²) in [4.78, 5) is 7.68. The average Bonchev–Trinajstić information content (AvgIpc) is 0.751. The third kappa shape index (κ3) is 9.62. The highest BCUT2D eigenvalue weighted by Gasteiger charge is 2.44. The van der Waals surface area contributed by atoms with Crippen LogP contribution in [0.2, 0.25) is 0 Å². The Balaban J connectivity index is 0.875. The van der Waals surface area contributed by atoms with Crippen molar-refractivity contribution < 1.29 is 0 Å². The summed E-state index contributed by atoms with van der Waals surface area (Å²) in [6.07, 6.45) is 0.804. The van der Waals surface area contributed by atoms with E-state index in [1.807, 2.05) is 0 Å². The maximum absolute atomic E-state index is 2.70. The Bertz CT molecular complexity index is 5500. The highest BCUT2D eigenvalue weighted by Crippen LogP contribution is 2.48. The van der Waals surface area contributed by atoms with Gasteiger partial charge in [0.15, 0.2) is 0 Å². The van der Waals surface area contributed by atoms with E-state index in [2.05, 4.69) is 378 Å². The number of hydrogen-bond donors (Lipinski definition) is 0. The molecule has 0 saturated carbocycles. The predicted molar refractivity (Wildman–Crippen MR) is 408 cm³/mol. The number of anilines is 8. The molecule has 14 aromatic carbocycles.